The van der Waals surface area contributed by atoms with E-state index in [9.17, 15) is 5.26 Å². The molecule has 0 saturated carbocycles. The highest BCUT2D eigenvalue weighted by molar-refractivity contribution is 5.98. The number of guanidine groups is 1. The summed E-state index contributed by atoms with van der Waals surface area (Å²) in [6.45, 7) is 1.38. The second-order valence-electron chi connectivity index (χ2n) is 6.97. The number of rotatable bonds is 6. The van der Waals surface area contributed by atoms with Crippen molar-refractivity contribution in [3.63, 3.8) is 0 Å². The van der Waals surface area contributed by atoms with Crippen molar-refractivity contribution in [1.82, 2.24) is 19.9 Å². The molecule has 0 radical (unpaired) electrons. The summed E-state index contributed by atoms with van der Waals surface area (Å²) in [6.07, 6.45) is 8.10. The molecule has 3 heterocycles. The number of fused-ring (bicyclic) bond motifs is 1. The number of nitriles is 2. The van der Waals surface area contributed by atoms with E-state index in [1.54, 1.807) is 12.5 Å². The number of pyridine rings is 1. The monoisotopic (exact) mass is 428 g/mol. The van der Waals surface area contributed by atoms with E-state index in [-0.39, 0.29) is 23.0 Å². The first-order chi connectivity index (χ1) is 15.6. The van der Waals surface area contributed by atoms with Crippen molar-refractivity contribution >= 4 is 23.3 Å². The highest BCUT2D eigenvalue weighted by atomic mass is 16.5. The van der Waals surface area contributed by atoms with Crippen LogP contribution >= 0.6 is 0 Å². The van der Waals surface area contributed by atoms with Crippen LogP contribution in [0.1, 0.15) is 29.2 Å². The van der Waals surface area contributed by atoms with Crippen LogP contribution in [0.3, 0.4) is 0 Å². The van der Waals surface area contributed by atoms with Crippen LogP contribution in [-0.2, 0) is 6.54 Å². The van der Waals surface area contributed by atoms with Crippen LogP contribution < -0.4 is 26.8 Å². The summed E-state index contributed by atoms with van der Waals surface area (Å²) >= 11 is 0. The molecule has 0 fully saturated rings. The lowest BCUT2D eigenvalue weighted by Crippen LogP contribution is -2.32. The van der Waals surface area contributed by atoms with Gasteiger partial charge >= 0.3 is 0 Å². The van der Waals surface area contributed by atoms with E-state index >= 15 is 0 Å². The fourth-order valence-electron chi connectivity index (χ4n) is 3.42. The number of nitrogen functional groups attached to an aromatic ring is 2. The van der Waals surface area contributed by atoms with Gasteiger partial charge in [0.15, 0.2) is 6.19 Å². The molecule has 4 rings (SSSR count). The quantitative estimate of drug-likeness (QED) is 0.259. The molecule has 160 valence electrons. The van der Waals surface area contributed by atoms with Crippen LogP contribution in [0.4, 0.5) is 17.3 Å². The number of nitrogens with two attached hydrogens (primary N) is 2. The molecule has 1 aromatic carbocycles. The van der Waals surface area contributed by atoms with Crippen LogP contribution in [0.25, 0.3) is 0 Å². The molecule has 1 atom stereocenters. The van der Waals surface area contributed by atoms with Gasteiger partial charge in [-0.05, 0) is 24.1 Å². The maximum atomic E-state index is 9.41. The van der Waals surface area contributed by atoms with Crippen molar-refractivity contribution in [2.75, 3.05) is 23.4 Å². The zero-order valence-corrected chi connectivity index (χ0v) is 17.0. The Balaban J connectivity index is 1.55. The summed E-state index contributed by atoms with van der Waals surface area (Å²) in [5.74, 6) is 1.28. The van der Waals surface area contributed by atoms with Crippen LogP contribution in [0.2, 0.25) is 0 Å². The number of benzene rings is 1. The molecule has 0 aliphatic carbocycles. The third-order valence-electron chi connectivity index (χ3n) is 4.94. The van der Waals surface area contributed by atoms with E-state index in [1.165, 1.54) is 0 Å². The number of nitrogens with zero attached hydrogens (tertiary/aromatic N) is 6. The first-order valence-electron chi connectivity index (χ1n) is 9.78. The maximum Gasteiger partial charge on any atom is 0.211 e. The predicted octanol–water partition coefficient (Wildman–Crippen LogP) is 1.72. The van der Waals surface area contributed by atoms with E-state index in [1.807, 2.05) is 47.3 Å². The number of aliphatic imine (C=N–C) groups is 1. The van der Waals surface area contributed by atoms with Gasteiger partial charge in [-0.2, -0.15) is 10.5 Å². The van der Waals surface area contributed by atoms with Gasteiger partial charge < -0.3 is 26.1 Å². The molecule has 1 unspecified atom stereocenters. The average molecular weight is 428 g/mol. The Morgan fingerprint density at radius 3 is 2.72 bits per heavy atom. The number of hydrogen-bond donors (Lipinski definition) is 4. The summed E-state index contributed by atoms with van der Waals surface area (Å²) in [5.41, 5.74) is 13.7. The zero-order valence-electron chi connectivity index (χ0n) is 17.0. The van der Waals surface area contributed by atoms with E-state index in [4.69, 9.17) is 21.5 Å². The zero-order chi connectivity index (χ0) is 22.5. The molecule has 6 N–H and O–H groups in total. The van der Waals surface area contributed by atoms with Gasteiger partial charge in [0.05, 0.1) is 18.6 Å². The second kappa shape index (κ2) is 8.93. The Labute approximate surface area is 184 Å². The van der Waals surface area contributed by atoms with Gasteiger partial charge in [-0.1, -0.05) is 12.1 Å². The molecular formula is C21H20N10O. The minimum Gasteiger partial charge on any atom is -0.494 e. The smallest absolute Gasteiger partial charge is 0.211 e. The molecule has 0 amide bonds. The van der Waals surface area contributed by atoms with Gasteiger partial charge in [-0.25, -0.2) is 15.0 Å². The van der Waals surface area contributed by atoms with Gasteiger partial charge in [0, 0.05) is 24.5 Å². The maximum absolute atomic E-state index is 9.41. The minimum absolute atomic E-state index is 0.00708. The first-order valence-corrected chi connectivity index (χ1v) is 9.78. The molecule has 3 aromatic rings. The molecule has 0 spiro atoms. The fourth-order valence-corrected chi connectivity index (χ4v) is 3.42. The lowest BCUT2D eigenvalue weighted by molar-refractivity contribution is 0.301. The van der Waals surface area contributed by atoms with Crippen molar-refractivity contribution < 1.29 is 4.74 Å². The number of nitrogens with one attached hydrogen (secondary N) is 2. The lowest BCUT2D eigenvalue weighted by Gasteiger charge is -2.26. The number of ether oxygens (including phenoxy) is 1. The molecule has 11 heteroatoms. The van der Waals surface area contributed by atoms with Gasteiger partial charge in [0.2, 0.25) is 5.96 Å². The predicted molar refractivity (Wildman–Crippen MR) is 118 cm³/mol. The highest BCUT2D eigenvalue weighted by Gasteiger charge is 2.29. The Kier molecular flexibility index (Phi) is 5.72. The molecule has 32 heavy (non-hydrogen) atoms. The molecule has 1 aliphatic rings. The van der Waals surface area contributed by atoms with Crippen LogP contribution in [-0.4, -0.2) is 27.1 Å². The molecule has 0 bridgehead atoms. The van der Waals surface area contributed by atoms with Crippen molar-refractivity contribution in [2.24, 2.45) is 4.99 Å². The molecule has 0 saturated heterocycles. The third-order valence-corrected chi connectivity index (χ3v) is 4.94. The summed E-state index contributed by atoms with van der Waals surface area (Å²) in [4.78, 5) is 12.8. The summed E-state index contributed by atoms with van der Waals surface area (Å²) in [5, 5.41) is 23.8. The Bertz CT molecular complexity index is 1220. The van der Waals surface area contributed by atoms with Gasteiger partial charge in [-0.15, -0.1) is 0 Å². The lowest BCUT2D eigenvalue weighted by atomic mass is 9.95. The van der Waals surface area contributed by atoms with Gasteiger partial charge in [0.25, 0.3) is 0 Å². The summed E-state index contributed by atoms with van der Waals surface area (Å²) in [6, 6.07) is 8.81. The van der Waals surface area contributed by atoms with Crippen LogP contribution in [0.15, 0.2) is 48.0 Å². The van der Waals surface area contributed by atoms with Crippen molar-refractivity contribution in [1.29, 1.82) is 10.5 Å². The number of anilines is 3. The standard InChI is InChI=1S/C21H20N10O/c22-10-15-17(24)16-18(28-21(27-11-23)30-20(16)29-19(15)25)13-2-4-14(5-3-13)32-9-1-7-31-8-6-26-12-31/h2-6,8,12,18H,1,7,9H2,(H6,24,25,27,28,29,30). The Morgan fingerprint density at radius 2 is 2.03 bits per heavy atom. The SMILES string of the molecule is N#CNC1=NC(c2ccc(OCCCn3ccnc3)cc2)c2c(nc(N)c(C#N)c2N)N1. The van der Waals surface area contributed by atoms with Crippen LogP contribution in [0, 0.1) is 22.8 Å². The summed E-state index contributed by atoms with van der Waals surface area (Å²) in [7, 11) is 0. The Hall–Kier alpha value is -4.77. The van der Waals surface area contributed by atoms with E-state index in [0.717, 1.165) is 18.5 Å². The van der Waals surface area contributed by atoms with Crippen molar-refractivity contribution in [3.05, 3.63) is 59.7 Å². The highest BCUT2D eigenvalue weighted by Crippen LogP contribution is 2.40. The normalized spacial score (nSPS) is 14.3. The molecular weight excluding hydrogens is 408 g/mol. The first kappa shape index (κ1) is 20.5. The number of aryl methyl sites for hydroxylation is 1. The summed E-state index contributed by atoms with van der Waals surface area (Å²) < 4.78 is 7.81. The number of hydrogen-bond acceptors (Lipinski definition) is 10. The molecule has 1 aliphatic heterocycles. The molecule has 11 nitrogen and oxygen atoms in total. The second-order valence-corrected chi connectivity index (χ2v) is 6.97. The van der Waals surface area contributed by atoms with Crippen molar-refractivity contribution in [3.8, 4) is 18.0 Å². The van der Waals surface area contributed by atoms with Gasteiger partial charge in [0.1, 0.15) is 35.1 Å². The third kappa shape index (κ3) is 4.08. The fraction of sp³-hybridized carbons (Fsp3) is 0.190. The molecule has 2 aromatic heterocycles. The van der Waals surface area contributed by atoms with E-state index in [0.29, 0.717) is 23.7 Å². The largest absolute Gasteiger partial charge is 0.494 e. The average Bonchev–Trinajstić information content (AvgIpc) is 3.30. The topological polar surface area (TPSA) is 176 Å². The van der Waals surface area contributed by atoms with Gasteiger partial charge in [-0.3, -0.25) is 5.32 Å². The Morgan fingerprint density at radius 1 is 1.22 bits per heavy atom. The number of imidazole rings is 1. The van der Waals surface area contributed by atoms with Crippen molar-refractivity contribution in [2.45, 2.75) is 19.0 Å². The van der Waals surface area contributed by atoms with Crippen LogP contribution in [0.5, 0.6) is 5.75 Å². The van der Waals surface area contributed by atoms with E-state index in [2.05, 4.69) is 25.6 Å². The minimum atomic E-state index is -0.586. The number of aromatic nitrogens is 3. The van der Waals surface area contributed by atoms with E-state index < -0.39 is 6.04 Å².